The fraction of sp³-hybridized carbons (Fsp3) is 0.188. The number of hydrazone groups is 1. The second-order valence-electron chi connectivity index (χ2n) is 4.81. The average Bonchev–Trinajstić information content (AvgIpc) is 2.97. The van der Waals surface area contributed by atoms with Crippen LogP contribution in [0.25, 0.3) is 0 Å². The number of nitrogens with one attached hydrogen (secondary N) is 2. The van der Waals surface area contributed by atoms with Gasteiger partial charge in [0.1, 0.15) is 17.2 Å². The Morgan fingerprint density at radius 2 is 1.96 bits per heavy atom. The lowest BCUT2D eigenvalue weighted by atomic mass is 10.2. The zero-order chi connectivity index (χ0) is 16.8. The molecule has 2 aromatic rings. The van der Waals surface area contributed by atoms with Crippen LogP contribution in [-0.2, 0) is 4.79 Å². The molecule has 1 aromatic heterocycles. The fourth-order valence-electron chi connectivity index (χ4n) is 1.77. The van der Waals surface area contributed by atoms with E-state index in [9.17, 15) is 9.59 Å². The molecule has 6 nitrogen and oxygen atoms in total. The van der Waals surface area contributed by atoms with Crippen LogP contribution in [0.3, 0.4) is 0 Å². The Labute approximate surface area is 142 Å². The lowest BCUT2D eigenvalue weighted by Gasteiger charge is -2.06. The highest BCUT2D eigenvalue weighted by Crippen LogP contribution is 2.15. The number of hydrogen-bond donors (Lipinski definition) is 2. The van der Waals surface area contributed by atoms with E-state index in [0.29, 0.717) is 21.5 Å². The molecule has 1 heterocycles. The van der Waals surface area contributed by atoms with Crippen molar-refractivity contribution < 1.29 is 14.0 Å². The number of halogens is 1. The molecule has 7 heteroatoms. The maximum absolute atomic E-state index is 12.0. The Balaban J connectivity index is 1.86. The first-order valence-corrected chi connectivity index (χ1v) is 7.69. The van der Waals surface area contributed by atoms with Gasteiger partial charge in [0.2, 0.25) is 0 Å². The molecule has 23 heavy (non-hydrogen) atoms. The number of hydrogen-bond acceptors (Lipinski definition) is 4. The molecule has 0 unspecified atom stereocenters. The number of amides is 2. The summed E-state index contributed by atoms with van der Waals surface area (Å²) in [5.41, 5.74) is 3.38. The van der Waals surface area contributed by atoms with Crippen LogP contribution < -0.4 is 10.7 Å². The Hall–Kier alpha value is -2.41. The number of nitrogens with zero attached hydrogens (tertiary/aromatic N) is 1. The number of benzene rings is 1. The van der Waals surface area contributed by atoms with Crippen molar-refractivity contribution in [3.63, 3.8) is 0 Å². The first kappa shape index (κ1) is 17.0. The van der Waals surface area contributed by atoms with Gasteiger partial charge in [-0.15, -0.1) is 0 Å². The fourth-order valence-corrected chi connectivity index (χ4v) is 2.24. The molecule has 0 aliphatic rings. The normalized spacial score (nSPS) is 11.2. The first-order valence-electron chi connectivity index (χ1n) is 6.90. The topological polar surface area (TPSA) is 83.7 Å². The highest BCUT2D eigenvalue weighted by Gasteiger charge is 2.10. The van der Waals surface area contributed by atoms with Crippen LogP contribution in [0.2, 0.25) is 0 Å². The molecule has 0 saturated heterocycles. The van der Waals surface area contributed by atoms with Crippen molar-refractivity contribution in [3.8, 4) is 0 Å². The summed E-state index contributed by atoms with van der Waals surface area (Å²) in [6.45, 7) is 3.37. The maximum atomic E-state index is 12.0. The number of carbonyl (C=O) groups is 2. The van der Waals surface area contributed by atoms with E-state index in [-0.39, 0.29) is 12.5 Å². The maximum Gasteiger partial charge on any atom is 0.259 e. The molecular formula is C16H16BrN3O3. The Morgan fingerprint density at radius 1 is 1.22 bits per heavy atom. The summed E-state index contributed by atoms with van der Waals surface area (Å²) in [6, 6.07) is 10.6. The predicted molar refractivity (Wildman–Crippen MR) is 90.3 cm³/mol. The molecule has 0 atom stereocenters. The number of aryl methyl sites for hydroxylation is 1. The molecule has 2 N–H and O–H groups in total. The van der Waals surface area contributed by atoms with E-state index in [4.69, 9.17) is 4.42 Å². The van der Waals surface area contributed by atoms with Crippen molar-refractivity contribution in [2.24, 2.45) is 5.10 Å². The molecule has 1 aromatic carbocycles. The number of furan rings is 1. The van der Waals surface area contributed by atoms with Gasteiger partial charge >= 0.3 is 0 Å². The summed E-state index contributed by atoms with van der Waals surface area (Å²) < 4.78 is 6.06. The highest BCUT2D eigenvalue weighted by molar-refractivity contribution is 9.10. The zero-order valence-corrected chi connectivity index (χ0v) is 14.3. The van der Waals surface area contributed by atoms with Gasteiger partial charge in [-0.1, -0.05) is 12.1 Å². The van der Waals surface area contributed by atoms with Crippen molar-refractivity contribution in [2.75, 3.05) is 6.54 Å². The van der Waals surface area contributed by atoms with E-state index >= 15 is 0 Å². The van der Waals surface area contributed by atoms with Crippen LogP contribution in [0.15, 0.2) is 50.4 Å². The molecular weight excluding hydrogens is 362 g/mol. The molecule has 0 aliphatic heterocycles. The van der Waals surface area contributed by atoms with Crippen LogP contribution in [0.1, 0.15) is 28.8 Å². The van der Waals surface area contributed by atoms with Crippen LogP contribution in [0, 0.1) is 6.92 Å². The lowest BCUT2D eigenvalue weighted by molar-refractivity contribution is -0.120. The third-order valence-corrected chi connectivity index (χ3v) is 3.66. The van der Waals surface area contributed by atoms with Crippen LogP contribution >= 0.6 is 15.9 Å². The van der Waals surface area contributed by atoms with Crippen LogP contribution in [0.4, 0.5) is 0 Å². The van der Waals surface area contributed by atoms with Gasteiger partial charge in [-0.25, -0.2) is 5.43 Å². The van der Waals surface area contributed by atoms with Crippen molar-refractivity contribution in [1.82, 2.24) is 10.7 Å². The summed E-state index contributed by atoms with van der Waals surface area (Å²) in [7, 11) is 0. The smallest absolute Gasteiger partial charge is 0.259 e. The van der Waals surface area contributed by atoms with Crippen molar-refractivity contribution >= 4 is 33.5 Å². The van der Waals surface area contributed by atoms with Gasteiger partial charge in [0.15, 0.2) is 0 Å². The minimum atomic E-state index is -0.423. The minimum absolute atomic E-state index is 0.172. The van der Waals surface area contributed by atoms with E-state index in [1.54, 1.807) is 37.3 Å². The minimum Gasteiger partial charge on any atom is -0.460 e. The van der Waals surface area contributed by atoms with Crippen LogP contribution in [0.5, 0.6) is 0 Å². The molecule has 120 valence electrons. The van der Waals surface area contributed by atoms with Gasteiger partial charge in [0.05, 0.1) is 12.1 Å². The highest BCUT2D eigenvalue weighted by atomic mass is 79.9. The molecule has 0 bridgehead atoms. The third-order valence-electron chi connectivity index (χ3n) is 2.97. The van der Waals surface area contributed by atoms with Crippen molar-refractivity contribution in [2.45, 2.75) is 13.8 Å². The Bertz CT molecular complexity index is 753. The second kappa shape index (κ2) is 7.73. The summed E-state index contributed by atoms with van der Waals surface area (Å²) in [5.74, 6) is 0.588. The summed E-state index contributed by atoms with van der Waals surface area (Å²) >= 11 is 3.29. The molecule has 0 fully saturated rings. The van der Waals surface area contributed by atoms with E-state index in [2.05, 4.69) is 31.8 Å². The third kappa shape index (κ3) is 4.79. The monoisotopic (exact) mass is 377 g/mol. The predicted octanol–water partition coefficient (Wildman–Crippen LogP) is 2.62. The number of rotatable bonds is 5. The van der Waals surface area contributed by atoms with E-state index in [0.717, 1.165) is 5.76 Å². The van der Waals surface area contributed by atoms with Gasteiger partial charge in [-0.05, 0) is 54.0 Å². The van der Waals surface area contributed by atoms with Gasteiger partial charge in [0.25, 0.3) is 11.8 Å². The van der Waals surface area contributed by atoms with Gasteiger partial charge in [-0.3, -0.25) is 9.59 Å². The average molecular weight is 378 g/mol. The molecule has 0 saturated carbocycles. The van der Waals surface area contributed by atoms with E-state index in [1.807, 2.05) is 13.0 Å². The Morgan fingerprint density at radius 3 is 2.61 bits per heavy atom. The number of carbonyl (C=O) groups excluding carboxylic acids is 2. The summed E-state index contributed by atoms with van der Waals surface area (Å²) in [6.07, 6.45) is 0. The molecule has 2 rings (SSSR count). The largest absolute Gasteiger partial charge is 0.460 e. The van der Waals surface area contributed by atoms with Crippen molar-refractivity contribution in [3.05, 3.63) is 58.0 Å². The molecule has 0 aliphatic carbocycles. The second-order valence-corrected chi connectivity index (χ2v) is 5.66. The van der Waals surface area contributed by atoms with Crippen LogP contribution in [-0.4, -0.2) is 24.1 Å². The van der Waals surface area contributed by atoms with Crippen molar-refractivity contribution in [1.29, 1.82) is 0 Å². The summed E-state index contributed by atoms with van der Waals surface area (Å²) in [4.78, 5) is 23.7. The van der Waals surface area contributed by atoms with Gasteiger partial charge < -0.3 is 9.73 Å². The van der Waals surface area contributed by atoms with E-state index < -0.39 is 5.91 Å². The SMILES string of the molecule is CC(=NNC(=O)CNC(=O)c1ccccc1Br)c1ccc(C)o1. The molecule has 0 spiro atoms. The van der Waals surface area contributed by atoms with Gasteiger partial charge in [-0.2, -0.15) is 5.10 Å². The van der Waals surface area contributed by atoms with Gasteiger partial charge in [0, 0.05) is 4.47 Å². The molecule has 0 radical (unpaired) electrons. The summed E-state index contributed by atoms with van der Waals surface area (Å²) in [5, 5.41) is 6.47. The molecule has 2 amide bonds. The Kier molecular flexibility index (Phi) is 5.70. The quantitative estimate of drug-likeness (QED) is 0.620. The zero-order valence-electron chi connectivity index (χ0n) is 12.7. The standard InChI is InChI=1S/C16H16BrN3O3/c1-10-7-8-14(23-10)11(2)19-20-15(21)9-18-16(22)12-5-3-4-6-13(12)17/h3-8H,9H2,1-2H3,(H,18,22)(H,20,21). The lowest BCUT2D eigenvalue weighted by Crippen LogP contribution is -2.35. The first-order chi connectivity index (χ1) is 11.0. The van der Waals surface area contributed by atoms with E-state index in [1.165, 1.54) is 0 Å².